The van der Waals surface area contributed by atoms with E-state index >= 15 is 0 Å². The van der Waals surface area contributed by atoms with Crippen LogP contribution in [0.15, 0.2) is 4.99 Å². The largest absolute Gasteiger partial charge is 0.330 e. The Morgan fingerprint density at radius 3 is 2.82 bits per heavy atom. The van der Waals surface area contributed by atoms with Crippen molar-refractivity contribution in [1.29, 1.82) is 0 Å². The second kappa shape index (κ2) is 2.94. The molecule has 62 valence electrons. The first-order valence-electron chi connectivity index (χ1n) is 4.63. The quantitative estimate of drug-likeness (QED) is 0.648. The summed E-state index contributed by atoms with van der Waals surface area (Å²) < 4.78 is 0. The SMILES string of the molecule is NCC1CCN=C1CC1CC1. The Labute approximate surface area is 67.9 Å². The maximum absolute atomic E-state index is 5.64. The summed E-state index contributed by atoms with van der Waals surface area (Å²) in [6.45, 7) is 1.84. The smallest absolute Gasteiger partial charge is 0.0395 e. The molecule has 0 amide bonds. The van der Waals surface area contributed by atoms with Crippen molar-refractivity contribution in [3.63, 3.8) is 0 Å². The minimum atomic E-state index is 0.635. The predicted molar refractivity (Wildman–Crippen MR) is 46.8 cm³/mol. The normalized spacial score (nSPS) is 30.6. The van der Waals surface area contributed by atoms with Gasteiger partial charge in [0, 0.05) is 24.7 Å². The Bertz CT molecular complexity index is 170. The maximum atomic E-state index is 5.64. The van der Waals surface area contributed by atoms with Crippen molar-refractivity contribution in [2.75, 3.05) is 13.1 Å². The molecule has 0 radical (unpaired) electrons. The lowest BCUT2D eigenvalue weighted by Gasteiger charge is -2.08. The highest BCUT2D eigenvalue weighted by molar-refractivity contribution is 5.88. The third-order valence-corrected chi connectivity index (χ3v) is 2.74. The lowest BCUT2D eigenvalue weighted by Crippen LogP contribution is -2.20. The number of hydrogen-bond donors (Lipinski definition) is 1. The number of nitrogens with two attached hydrogens (primary N) is 1. The van der Waals surface area contributed by atoms with Crippen molar-refractivity contribution in [1.82, 2.24) is 0 Å². The van der Waals surface area contributed by atoms with E-state index in [1.807, 2.05) is 0 Å². The second-order valence-electron chi connectivity index (χ2n) is 3.74. The molecule has 1 aliphatic heterocycles. The molecule has 1 saturated carbocycles. The number of nitrogens with zero attached hydrogens (tertiary/aromatic N) is 1. The van der Waals surface area contributed by atoms with Crippen molar-refractivity contribution < 1.29 is 0 Å². The van der Waals surface area contributed by atoms with Gasteiger partial charge in [-0.2, -0.15) is 0 Å². The van der Waals surface area contributed by atoms with Crippen molar-refractivity contribution in [2.45, 2.75) is 25.7 Å². The van der Waals surface area contributed by atoms with Crippen LogP contribution < -0.4 is 5.73 Å². The zero-order valence-corrected chi connectivity index (χ0v) is 6.92. The first-order chi connectivity index (χ1) is 5.40. The number of aliphatic imine (C=N–C) groups is 1. The van der Waals surface area contributed by atoms with Crippen LogP contribution in [0.2, 0.25) is 0 Å². The van der Waals surface area contributed by atoms with Crippen LogP contribution in [0, 0.1) is 11.8 Å². The predicted octanol–water partition coefficient (Wildman–Crippen LogP) is 1.21. The average Bonchev–Trinajstić information content (AvgIpc) is 2.68. The van der Waals surface area contributed by atoms with E-state index in [0.29, 0.717) is 5.92 Å². The molecule has 1 atom stereocenters. The van der Waals surface area contributed by atoms with Crippen LogP contribution in [0.25, 0.3) is 0 Å². The topological polar surface area (TPSA) is 38.4 Å². The molecule has 0 spiro atoms. The molecule has 2 aliphatic rings. The standard InChI is InChI=1S/C9H16N2/c10-6-8-3-4-11-9(8)5-7-1-2-7/h7-8H,1-6,10H2. The van der Waals surface area contributed by atoms with E-state index in [1.165, 1.54) is 31.4 Å². The third-order valence-electron chi connectivity index (χ3n) is 2.74. The van der Waals surface area contributed by atoms with E-state index in [1.54, 1.807) is 0 Å². The Kier molecular flexibility index (Phi) is 1.95. The summed E-state index contributed by atoms with van der Waals surface area (Å²) in [5.74, 6) is 1.61. The fraction of sp³-hybridized carbons (Fsp3) is 0.889. The Balaban J connectivity index is 1.88. The monoisotopic (exact) mass is 152 g/mol. The van der Waals surface area contributed by atoms with Crippen LogP contribution in [0.1, 0.15) is 25.7 Å². The first-order valence-corrected chi connectivity index (χ1v) is 4.63. The summed E-state index contributed by atoms with van der Waals surface area (Å²) in [6.07, 6.45) is 5.31. The zero-order chi connectivity index (χ0) is 7.68. The van der Waals surface area contributed by atoms with Gasteiger partial charge in [0.15, 0.2) is 0 Å². The molecule has 1 aliphatic carbocycles. The van der Waals surface area contributed by atoms with Crippen molar-refractivity contribution in [3.05, 3.63) is 0 Å². The molecule has 2 nitrogen and oxygen atoms in total. The van der Waals surface area contributed by atoms with Crippen LogP contribution in [-0.2, 0) is 0 Å². The molecule has 0 aromatic carbocycles. The van der Waals surface area contributed by atoms with Crippen LogP contribution in [0.3, 0.4) is 0 Å². The zero-order valence-electron chi connectivity index (χ0n) is 6.92. The molecule has 0 aromatic rings. The fourth-order valence-electron chi connectivity index (χ4n) is 1.76. The molecule has 2 N–H and O–H groups in total. The van der Waals surface area contributed by atoms with Gasteiger partial charge in [-0.25, -0.2) is 0 Å². The highest BCUT2D eigenvalue weighted by Crippen LogP contribution is 2.35. The first kappa shape index (κ1) is 7.29. The van der Waals surface area contributed by atoms with Gasteiger partial charge in [0.25, 0.3) is 0 Å². The van der Waals surface area contributed by atoms with Gasteiger partial charge in [0.1, 0.15) is 0 Å². The van der Waals surface area contributed by atoms with Crippen LogP contribution in [0.4, 0.5) is 0 Å². The van der Waals surface area contributed by atoms with E-state index in [-0.39, 0.29) is 0 Å². The summed E-state index contributed by atoms with van der Waals surface area (Å²) in [7, 11) is 0. The molecule has 1 heterocycles. The van der Waals surface area contributed by atoms with Gasteiger partial charge in [0.2, 0.25) is 0 Å². The van der Waals surface area contributed by atoms with Gasteiger partial charge in [-0.15, -0.1) is 0 Å². The molecule has 11 heavy (non-hydrogen) atoms. The number of rotatable bonds is 3. The lowest BCUT2D eigenvalue weighted by molar-refractivity contribution is 0.673. The van der Waals surface area contributed by atoms with E-state index in [4.69, 9.17) is 5.73 Å². The summed E-state index contributed by atoms with van der Waals surface area (Å²) in [5, 5.41) is 0. The van der Waals surface area contributed by atoms with Gasteiger partial charge in [-0.05, 0) is 31.6 Å². The molecule has 1 unspecified atom stereocenters. The van der Waals surface area contributed by atoms with Crippen molar-refractivity contribution in [3.8, 4) is 0 Å². The number of hydrogen-bond acceptors (Lipinski definition) is 2. The molecule has 0 saturated heterocycles. The van der Waals surface area contributed by atoms with E-state index in [9.17, 15) is 0 Å². The molecular formula is C9H16N2. The molecule has 1 fully saturated rings. The second-order valence-corrected chi connectivity index (χ2v) is 3.74. The third kappa shape index (κ3) is 1.62. The summed E-state index contributed by atoms with van der Waals surface area (Å²) in [4.78, 5) is 4.50. The highest BCUT2D eigenvalue weighted by atomic mass is 14.8. The van der Waals surface area contributed by atoms with E-state index in [0.717, 1.165) is 19.0 Å². The Hall–Kier alpha value is -0.370. The Morgan fingerprint density at radius 2 is 2.18 bits per heavy atom. The molecule has 2 heteroatoms. The average molecular weight is 152 g/mol. The van der Waals surface area contributed by atoms with Gasteiger partial charge in [0.05, 0.1) is 0 Å². The van der Waals surface area contributed by atoms with Gasteiger partial charge < -0.3 is 5.73 Å². The highest BCUT2D eigenvalue weighted by Gasteiger charge is 2.28. The maximum Gasteiger partial charge on any atom is 0.0395 e. The minimum Gasteiger partial charge on any atom is -0.330 e. The van der Waals surface area contributed by atoms with Crippen molar-refractivity contribution in [2.24, 2.45) is 22.6 Å². The summed E-state index contributed by atoms with van der Waals surface area (Å²) in [5.41, 5.74) is 7.07. The summed E-state index contributed by atoms with van der Waals surface area (Å²) in [6, 6.07) is 0. The fourth-order valence-corrected chi connectivity index (χ4v) is 1.76. The van der Waals surface area contributed by atoms with Gasteiger partial charge in [-0.1, -0.05) is 0 Å². The van der Waals surface area contributed by atoms with Crippen molar-refractivity contribution >= 4 is 5.71 Å². The molecule has 0 aromatic heterocycles. The van der Waals surface area contributed by atoms with Crippen LogP contribution in [-0.4, -0.2) is 18.8 Å². The van der Waals surface area contributed by atoms with E-state index < -0.39 is 0 Å². The minimum absolute atomic E-state index is 0.635. The molecule has 2 rings (SSSR count). The lowest BCUT2D eigenvalue weighted by atomic mass is 9.98. The van der Waals surface area contributed by atoms with E-state index in [2.05, 4.69) is 4.99 Å². The summed E-state index contributed by atoms with van der Waals surface area (Å²) >= 11 is 0. The van der Waals surface area contributed by atoms with Gasteiger partial charge >= 0.3 is 0 Å². The van der Waals surface area contributed by atoms with Gasteiger partial charge in [-0.3, -0.25) is 4.99 Å². The van der Waals surface area contributed by atoms with Crippen LogP contribution in [0.5, 0.6) is 0 Å². The van der Waals surface area contributed by atoms with Crippen LogP contribution >= 0.6 is 0 Å². The Morgan fingerprint density at radius 1 is 1.36 bits per heavy atom. The molecular weight excluding hydrogens is 136 g/mol. The molecule has 0 bridgehead atoms.